The molecular formula is C35H32F3N5O5. The van der Waals surface area contributed by atoms with E-state index in [1.807, 2.05) is 41.3 Å². The maximum absolute atomic E-state index is 13.3. The topological polar surface area (TPSA) is 96.5 Å². The van der Waals surface area contributed by atoms with Gasteiger partial charge in [-0.05, 0) is 66.6 Å². The van der Waals surface area contributed by atoms with E-state index in [-0.39, 0.29) is 36.4 Å². The van der Waals surface area contributed by atoms with Crippen molar-refractivity contribution in [2.75, 3.05) is 56.3 Å². The monoisotopic (exact) mass is 659 g/mol. The SMILES string of the molecule is O=C(Nc1ccc(C(F)(F)F)cc1)c1ccc(Oc2cccc3c2CCN3CC(=O)N2CCN(Cc3ccc4c(c3)OCO4)CC2)nc1. The zero-order valence-electron chi connectivity index (χ0n) is 25.8. The number of carbonyl (C=O) groups excluding carboxylic acids is 2. The molecule has 10 nitrogen and oxygen atoms in total. The Morgan fingerprint density at radius 3 is 2.44 bits per heavy atom. The van der Waals surface area contributed by atoms with Crippen molar-refractivity contribution in [3.05, 3.63) is 101 Å². The number of hydrogen-bond donors (Lipinski definition) is 1. The molecule has 4 heterocycles. The van der Waals surface area contributed by atoms with E-state index in [9.17, 15) is 22.8 Å². The molecule has 248 valence electrons. The van der Waals surface area contributed by atoms with E-state index in [0.717, 1.165) is 60.1 Å². The number of alkyl halides is 3. The molecule has 48 heavy (non-hydrogen) atoms. The first-order chi connectivity index (χ1) is 23.2. The lowest BCUT2D eigenvalue weighted by atomic mass is 10.1. The molecular weight excluding hydrogens is 627 g/mol. The number of pyridine rings is 1. The van der Waals surface area contributed by atoms with E-state index in [1.165, 1.54) is 24.4 Å². The van der Waals surface area contributed by atoms with Gasteiger partial charge in [0.1, 0.15) is 5.75 Å². The highest BCUT2D eigenvalue weighted by Crippen LogP contribution is 2.37. The molecule has 1 saturated heterocycles. The molecule has 3 aliphatic heterocycles. The number of halogens is 3. The minimum Gasteiger partial charge on any atom is -0.454 e. The average Bonchev–Trinajstić information content (AvgIpc) is 3.73. The standard InChI is InChI=1S/C35H32F3N5O5/c36-35(37,38)25-6-8-26(9-7-25)40-34(45)24-5-11-32(39-19-24)48-29-3-1-2-28-27(29)12-13-43(28)21-33(44)42-16-14-41(15-17-42)20-23-4-10-30-31(18-23)47-22-46-30/h1-11,18-19H,12-17,20-22H2,(H,40,45). The number of carbonyl (C=O) groups is 2. The third kappa shape index (κ3) is 6.86. The number of aromatic nitrogens is 1. The molecule has 0 saturated carbocycles. The molecule has 0 atom stereocenters. The zero-order chi connectivity index (χ0) is 33.3. The second-order valence-corrected chi connectivity index (χ2v) is 11.8. The number of anilines is 2. The number of hydrogen-bond acceptors (Lipinski definition) is 8. The van der Waals surface area contributed by atoms with Crippen LogP contribution in [0.5, 0.6) is 23.1 Å². The van der Waals surface area contributed by atoms with Gasteiger partial charge in [-0.1, -0.05) is 12.1 Å². The van der Waals surface area contributed by atoms with Gasteiger partial charge in [0.05, 0.1) is 17.7 Å². The van der Waals surface area contributed by atoms with Gasteiger partial charge in [-0.2, -0.15) is 13.2 Å². The molecule has 0 unspecified atom stereocenters. The van der Waals surface area contributed by atoms with E-state index in [4.69, 9.17) is 14.2 Å². The number of benzene rings is 3. The molecule has 7 rings (SSSR count). The van der Waals surface area contributed by atoms with Crippen LogP contribution in [0.15, 0.2) is 79.0 Å². The van der Waals surface area contributed by atoms with Crippen LogP contribution in [0.4, 0.5) is 24.5 Å². The van der Waals surface area contributed by atoms with Gasteiger partial charge >= 0.3 is 6.18 Å². The van der Waals surface area contributed by atoms with Crippen LogP contribution in [0.2, 0.25) is 0 Å². The third-order valence-corrected chi connectivity index (χ3v) is 8.66. The van der Waals surface area contributed by atoms with E-state index in [2.05, 4.69) is 20.1 Å². The molecule has 2 amide bonds. The third-order valence-electron chi connectivity index (χ3n) is 8.66. The van der Waals surface area contributed by atoms with Crippen LogP contribution in [-0.2, 0) is 23.9 Å². The van der Waals surface area contributed by atoms with Crippen molar-refractivity contribution in [1.29, 1.82) is 0 Å². The minimum absolute atomic E-state index is 0.0868. The number of nitrogens with one attached hydrogen (secondary N) is 1. The predicted octanol–water partition coefficient (Wildman–Crippen LogP) is 5.58. The van der Waals surface area contributed by atoms with Crippen molar-refractivity contribution in [3.63, 3.8) is 0 Å². The highest BCUT2D eigenvalue weighted by molar-refractivity contribution is 6.04. The number of ether oxygens (including phenoxy) is 3. The Hall–Kier alpha value is -5.30. The summed E-state index contributed by atoms with van der Waals surface area (Å²) < 4.78 is 55.4. The summed E-state index contributed by atoms with van der Waals surface area (Å²) in [7, 11) is 0. The van der Waals surface area contributed by atoms with Gasteiger partial charge < -0.3 is 29.3 Å². The van der Waals surface area contributed by atoms with Crippen molar-refractivity contribution >= 4 is 23.2 Å². The molecule has 1 N–H and O–H groups in total. The predicted molar refractivity (Wildman–Crippen MR) is 170 cm³/mol. The van der Waals surface area contributed by atoms with E-state index >= 15 is 0 Å². The van der Waals surface area contributed by atoms with Gasteiger partial charge in [0.25, 0.3) is 5.91 Å². The fraction of sp³-hybridized carbons (Fsp3) is 0.286. The van der Waals surface area contributed by atoms with Gasteiger partial charge in [-0.15, -0.1) is 0 Å². The molecule has 0 bridgehead atoms. The molecule has 13 heteroatoms. The Morgan fingerprint density at radius 1 is 0.896 bits per heavy atom. The number of rotatable bonds is 8. The first-order valence-corrected chi connectivity index (χ1v) is 15.6. The van der Waals surface area contributed by atoms with Crippen molar-refractivity contribution in [1.82, 2.24) is 14.8 Å². The number of amides is 2. The van der Waals surface area contributed by atoms with Crippen LogP contribution >= 0.6 is 0 Å². The van der Waals surface area contributed by atoms with Gasteiger partial charge in [-0.3, -0.25) is 14.5 Å². The van der Waals surface area contributed by atoms with Crippen LogP contribution in [0.3, 0.4) is 0 Å². The van der Waals surface area contributed by atoms with Crippen molar-refractivity contribution in [3.8, 4) is 23.1 Å². The summed E-state index contributed by atoms with van der Waals surface area (Å²) in [4.78, 5) is 36.5. The van der Waals surface area contributed by atoms with Gasteiger partial charge in [0.15, 0.2) is 11.5 Å². The lowest BCUT2D eigenvalue weighted by molar-refractivity contribution is -0.137. The summed E-state index contributed by atoms with van der Waals surface area (Å²) in [6.45, 7) is 4.90. The Balaban J connectivity index is 0.914. The van der Waals surface area contributed by atoms with Gasteiger partial charge in [-0.25, -0.2) is 4.98 Å². The van der Waals surface area contributed by atoms with Crippen LogP contribution in [0.25, 0.3) is 0 Å². The Bertz CT molecular complexity index is 1810. The summed E-state index contributed by atoms with van der Waals surface area (Å²) in [5.41, 5.74) is 2.73. The first kappa shape index (κ1) is 31.3. The van der Waals surface area contributed by atoms with Crippen molar-refractivity contribution in [2.45, 2.75) is 19.1 Å². The number of fused-ring (bicyclic) bond motifs is 2. The maximum Gasteiger partial charge on any atom is 0.416 e. The summed E-state index contributed by atoms with van der Waals surface area (Å²) in [5, 5.41) is 2.57. The molecule has 3 aromatic carbocycles. The van der Waals surface area contributed by atoms with Crippen molar-refractivity contribution < 1.29 is 37.0 Å². The smallest absolute Gasteiger partial charge is 0.416 e. The second-order valence-electron chi connectivity index (χ2n) is 11.8. The normalized spacial score (nSPS) is 15.7. The zero-order valence-corrected chi connectivity index (χ0v) is 25.8. The second kappa shape index (κ2) is 13.1. The van der Waals surface area contributed by atoms with Crippen LogP contribution in [0, 0.1) is 0 Å². The lowest BCUT2D eigenvalue weighted by Crippen LogP contribution is -2.50. The van der Waals surface area contributed by atoms with Crippen LogP contribution in [0.1, 0.15) is 27.0 Å². The maximum atomic E-state index is 13.3. The Morgan fingerprint density at radius 2 is 1.69 bits per heavy atom. The number of piperazine rings is 1. The fourth-order valence-corrected chi connectivity index (χ4v) is 6.08. The minimum atomic E-state index is -4.45. The van der Waals surface area contributed by atoms with Crippen LogP contribution in [-0.4, -0.2) is 72.7 Å². The molecule has 0 radical (unpaired) electrons. The Kier molecular flexibility index (Phi) is 8.52. The molecule has 4 aromatic rings. The summed E-state index contributed by atoms with van der Waals surface area (Å²) in [6.07, 6.45) is -2.40. The van der Waals surface area contributed by atoms with Crippen LogP contribution < -0.4 is 24.4 Å². The van der Waals surface area contributed by atoms with E-state index < -0.39 is 17.6 Å². The average molecular weight is 660 g/mol. The Labute approximate surface area is 274 Å². The van der Waals surface area contributed by atoms with E-state index in [1.54, 1.807) is 6.07 Å². The van der Waals surface area contributed by atoms with Crippen molar-refractivity contribution in [2.24, 2.45) is 0 Å². The first-order valence-electron chi connectivity index (χ1n) is 15.6. The summed E-state index contributed by atoms with van der Waals surface area (Å²) in [6, 6.07) is 19.0. The lowest BCUT2D eigenvalue weighted by Gasteiger charge is -2.35. The van der Waals surface area contributed by atoms with Gasteiger partial charge in [0, 0.05) is 68.5 Å². The van der Waals surface area contributed by atoms with E-state index in [0.29, 0.717) is 31.8 Å². The highest BCUT2D eigenvalue weighted by Gasteiger charge is 2.30. The molecule has 3 aliphatic rings. The molecule has 1 aromatic heterocycles. The highest BCUT2D eigenvalue weighted by atomic mass is 19.4. The summed E-state index contributed by atoms with van der Waals surface area (Å²) >= 11 is 0. The fourth-order valence-electron chi connectivity index (χ4n) is 6.08. The number of nitrogens with zero attached hydrogens (tertiary/aromatic N) is 4. The molecule has 1 fully saturated rings. The molecule has 0 aliphatic carbocycles. The largest absolute Gasteiger partial charge is 0.454 e. The summed E-state index contributed by atoms with van der Waals surface area (Å²) in [5.74, 6) is 2.02. The van der Waals surface area contributed by atoms with Gasteiger partial charge in [0.2, 0.25) is 18.6 Å². The quantitative estimate of drug-likeness (QED) is 0.262. The molecule has 0 spiro atoms.